The lowest BCUT2D eigenvalue weighted by Crippen LogP contribution is -2.23. The maximum Gasteiger partial charge on any atom is 0.338 e. The molecule has 0 bridgehead atoms. The molecule has 0 aliphatic rings. The molecule has 0 heterocycles. The quantitative estimate of drug-likeness (QED) is 0.722. The molecule has 0 radical (unpaired) electrons. The van der Waals surface area contributed by atoms with Crippen LogP contribution in [0.3, 0.4) is 0 Å². The highest BCUT2D eigenvalue weighted by Crippen LogP contribution is 2.22. The van der Waals surface area contributed by atoms with Crippen molar-refractivity contribution >= 4 is 5.97 Å². The predicted octanol–water partition coefficient (Wildman–Crippen LogP) is 2.96. The number of esters is 1. The van der Waals surface area contributed by atoms with Crippen LogP contribution in [0.25, 0.3) is 0 Å². The molecule has 0 amide bonds. The summed E-state index contributed by atoms with van der Waals surface area (Å²) in [5, 5.41) is 0. The van der Waals surface area contributed by atoms with Crippen LogP contribution in [0.2, 0.25) is 0 Å². The van der Waals surface area contributed by atoms with Crippen LogP contribution in [0.1, 0.15) is 36.7 Å². The van der Waals surface area contributed by atoms with Gasteiger partial charge in [0.1, 0.15) is 11.4 Å². The summed E-state index contributed by atoms with van der Waals surface area (Å²) >= 11 is 0. The molecule has 0 aromatic heterocycles. The second-order valence-electron chi connectivity index (χ2n) is 4.68. The zero-order valence-corrected chi connectivity index (χ0v) is 10.5. The first kappa shape index (κ1) is 12.6. The van der Waals surface area contributed by atoms with Crippen LogP contribution in [-0.2, 0) is 4.74 Å². The van der Waals surface area contributed by atoms with E-state index in [2.05, 4.69) is 0 Å². The van der Waals surface area contributed by atoms with Gasteiger partial charge in [0.15, 0.2) is 0 Å². The van der Waals surface area contributed by atoms with E-state index in [0.717, 1.165) is 5.56 Å². The zero-order valence-electron chi connectivity index (χ0n) is 10.5. The van der Waals surface area contributed by atoms with E-state index < -0.39 is 0 Å². The minimum atomic E-state index is -0.336. The molecule has 0 atom stereocenters. The Hall–Kier alpha value is -1.51. The average Bonchev–Trinajstić information content (AvgIpc) is 2.18. The van der Waals surface area contributed by atoms with Gasteiger partial charge in [-0.15, -0.1) is 0 Å². The van der Waals surface area contributed by atoms with Crippen LogP contribution in [0, 0.1) is 6.92 Å². The highest BCUT2D eigenvalue weighted by molar-refractivity contribution is 5.91. The monoisotopic (exact) mass is 222 g/mol. The maximum atomic E-state index is 11.5. The number of hydrogen-bond donors (Lipinski definition) is 0. The Balaban J connectivity index is 3.03. The molecule has 1 aromatic rings. The molecular weight excluding hydrogens is 204 g/mol. The van der Waals surface area contributed by atoms with Crippen LogP contribution >= 0.6 is 0 Å². The van der Waals surface area contributed by atoms with Crippen LogP contribution in [-0.4, -0.2) is 18.7 Å². The van der Waals surface area contributed by atoms with Crippen LogP contribution in [0.4, 0.5) is 0 Å². The fraction of sp³-hybridized carbons (Fsp3) is 0.462. The van der Waals surface area contributed by atoms with Gasteiger partial charge in [-0.1, -0.05) is 6.07 Å². The smallest absolute Gasteiger partial charge is 0.338 e. The van der Waals surface area contributed by atoms with E-state index in [1.54, 1.807) is 6.07 Å². The van der Waals surface area contributed by atoms with Gasteiger partial charge < -0.3 is 9.47 Å². The molecule has 3 heteroatoms. The zero-order chi connectivity index (χ0) is 12.3. The largest absolute Gasteiger partial charge is 0.488 e. The number of ether oxygens (including phenoxy) is 2. The van der Waals surface area contributed by atoms with Gasteiger partial charge in [0.2, 0.25) is 0 Å². The number of rotatable bonds is 2. The van der Waals surface area contributed by atoms with E-state index in [1.807, 2.05) is 39.8 Å². The molecular formula is C13H18O3. The summed E-state index contributed by atoms with van der Waals surface area (Å²) in [6.07, 6.45) is 0. The van der Waals surface area contributed by atoms with Crippen molar-refractivity contribution in [2.75, 3.05) is 7.11 Å². The summed E-state index contributed by atoms with van der Waals surface area (Å²) in [4.78, 5) is 11.5. The molecule has 1 rings (SSSR count). The van der Waals surface area contributed by atoms with Gasteiger partial charge in [-0.05, 0) is 45.4 Å². The standard InChI is InChI=1S/C13H18O3/c1-9-6-7-10(16-13(2,3)4)8-11(9)12(14)15-5/h6-8H,1-5H3. The summed E-state index contributed by atoms with van der Waals surface area (Å²) in [7, 11) is 1.37. The minimum Gasteiger partial charge on any atom is -0.488 e. The Morgan fingerprint density at radius 3 is 2.38 bits per heavy atom. The normalized spacial score (nSPS) is 11.1. The lowest BCUT2D eigenvalue weighted by Gasteiger charge is -2.21. The van der Waals surface area contributed by atoms with E-state index in [0.29, 0.717) is 11.3 Å². The third-order valence-corrected chi connectivity index (χ3v) is 2.04. The number of carbonyl (C=O) groups excluding carboxylic acids is 1. The Bertz CT molecular complexity index is 389. The van der Waals surface area contributed by atoms with Crippen molar-refractivity contribution in [3.63, 3.8) is 0 Å². The molecule has 0 unspecified atom stereocenters. The Morgan fingerprint density at radius 2 is 1.88 bits per heavy atom. The lowest BCUT2D eigenvalue weighted by molar-refractivity contribution is 0.0598. The lowest BCUT2D eigenvalue weighted by atomic mass is 10.1. The first-order valence-electron chi connectivity index (χ1n) is 5.21. The molecule has 0 aliphatic carbocycles. The van der Waals surface area contributed by atoms with Gasteiger partial charge in [0.05, 0.1) is 12.7 Å². The fourth-order valence-electron chi connectivity index (χ4n) is 1.35. The third kappa shape index (κ3) is 3.26. The molecule has 0 spiro atoms. The van der Waals surface area contributed by atoms with Gasteiger partial charge in [0, 0.05) is 0 Å². The first-order chi connectivity index (χ1) is 7.33. The number of aryl methyl sites for hydroxylation is 1. The van der Waals surface area contributed by atoms with Gasteiger partial charge in [-0.25, -0.2) is 4.79 Å². The number of benzene rings is 1. The summed E-state index contributed by atoms with van der Waals surface area (Å²) in [6.45, 7) is 7.76. The van der Waals surface area contributed by atoms with Crippen LogP contribution in [0.5, 0.6) is 5.75 Å². The minimum absolute atomic E-state index is 0.275. The molecule has 0 fully saturated rings. The van der Waals surface area contributed by atoms with Crippen molar-refractivity contribution in [1.29, 1.82) is 0 Å². The van der Waals surface area contributed by atoms with E-state index in [-0.39, 0.29) is 11.6 Å². The van der Waals surface area contributed by atoms with Crippen molar-refractivity contribution in [2.45, 2.75) is 33.3 Å². The molecule has 0 saturated heterocycles. The molecule has 0 aliphatic heterocycles. The van der Waals surface area contributed by atoms with E-state index in [1.165, 1.54) is 7.11 Å². The Labute approximate surface area is 96.4 Å². The second-order valence-corrected chi connectivity index (χ2v) is 4.68. The molecule has 3 nitrogen and oxygen atoms in total. The third-order valence-electron chi connectivity index (χ3n) is 2.04. The average molecular weight is 222 g/mol. The molecule has 16 heavy (non-hydrogen) atoms. The Kier molecular flexibility index (Phi) is 3.58. The SMILES string of the molecule is COC(=O)c1cc(OC(C)(C)C)ccc1C. The predicted molar refractivity (Wildman–Crippen MR) is 62.9 cm³/mol. The molecule has 0 saturated carbocycles. The summed E-state index contributed by atoms with van der Waals surface area (Å²) < 4.78 is 10.4. The second kappa shape index (κ2) is 4.56. The molecule has 88 valence electrons. The molecule has 0 N–H and O–H groups in total. The summed E-state index contributed by atoms with van der Waals surface area (Å²) in [6, 6.07) is 5.42. The summed E-state index contributed by atoms with van der Waals surface area (Å²) in [5.41, 5.74) is 1.15. The maximum absolute atomic E-state index is 11.5. The van der Waals surface area contributed by atoms with Crippen molar-refractivity contribution in [3.05, 3.63) is 29.3 Å². The van der Waals surface area contributed by atoms with Crippen molar-refractivity contribution < 1.29 is 14.3 Å². The van der Waals surface area contributed by atoms with E-state index in [4.69, 9.17) is 9.47 Å². The van der Waals surface area contributed by atoms with Crippen molar-refractivity contribution in [2.24, 2.45) is 0 Å². The number of hydrogen-bond acceptors (Lipinski definition) is 3. The van der Waals surface area contributed by atoms with Gasteiger partial charge in [-0.3, -0.25) is 0 Å². The highest BCUT2D eigenvalue weighted by Gasteiger charge is 2.15. The van der Waals surface area contributed by atoms with Crippen molar-refractivity contribution in [1.82, 2.24) is 0 Å². The topological polar surface area (TPSA) is 35.5 Å². The fourth-order valence-corrected chi connectivity index (χ4v) is 1.35. The van der Waals surface area contributed by atoms with E-state index in [9.17, 15) is 4.79 Å². The van der Waals surface area contributed by atoms with Crippen LogP contribution < -0.4 is 4.74 Å². The van der Waals surface area contributed by atoms with Gasteiger partial charge >= 0.3 is 5.97 Å². The van der Waals surface area contributed by atoms with Crippen molar-refractivity contribution in [3.8, 4) is 5.75 Å². The first-order valence-corrected chi connectivity index (χ1v) is 5.21. The summed E-state index contributed by atoms with van der Waals surface area (Å²) in [5.74, 6) is 0.343. The number of carbonyl (C=O) groups is 1. The number of methoxy groups -OCH3 is 1. The van der Waals surface area contributed by atoms with E-state index >= 15 is 0 Å². The highest BCUT2D eigenvalue weighted by atomic mass is 16.5. The molecule has 1 aromatic carbocycles. The van der Waals surface area contributed by atoms with Gasteiger partial charge in [-0.2, -0.15) is 0 Å². The Morgan fingerprint density at radius 1 is 1.25 bits per heavy atom. The van der Waals surface area contributed by atoms with Crippen LogP contribution in [0.15, 0.2) is 18.2 Å². The van der Waals surface area contributed by atoms with Gasteiger partial charge in [0.25, 0.3) is 0 Å².